The van der Waals surface area contributed by atoms with Gasteiger partial charge in [0.2, 0.25) is 15.9 Å². The van der Waals surface area contributed by atoms with Crippen molar-refractivity contribution in [2.24, 2.45) is 5.92 Å². The van der Waals surface area contributed by atoms with Crippen molar-refractivity contribution in [2.45, 2.75) is 26.8 Å². The van der Waals surface area contributed by atoms with Crippen molar-refractivity contribution in [3.8, 4) is 0 Å². The first-order valence-corrected chi connectivity index (χ1v) is 9.36. The van der Waals surface area contributed by atoms with Gasteiger partial charge in [0, 0.05) is 11.6 Å². The van der Waals surface area contributed by atoms with Crippen molar-refractivity contribution in [3.63, 3.8) is 0 Å². The lowest BCUT2D eigenvalue weighted by Gasteiger charge is -2.29. The van der Waals surface area contributed by atoms with Crippen molar-refractivity contribution in [1.29, 1.82) is 0 Å². The van der Waals surface area contributed by atoms with E-state index in [4.69, 9.17) is 23.2 Å². The van der Waals surface area contributed by atoms with Crippen LogP contribution in [-0.2, 0) is 14.8 Å². The number of amides is 1. The van der Waals surface area contributed by atoms with Gasteiger partial charge in [-0.1, -0.05) is 37.0 Å². The second-order valence-electron chi connectivity index (χ2n) is 5.47. The summed E-state index contributed by atoms with van der Waals surface area (Å²) in [5, 5.41) is 3.26. The van der Waals surface area contributed by atoms with Crippen LogP contribution in [0.5, 0.6) is 0 Å². The van der Waals surface area contributed by atoms with Crippen LogP contribution in [0.15, 0.2) is 18.2 Å². The van der Waals surface area contributed by atoms with E-state index in [2.05, 4.69) is 5.32 Å². The van der Waals surface area contributed by atoms with E-state index in [1.165, 1.54) is 19.1 Å². The Kier molecular flexibility index (Phi) is 6.52. The molecule has 0 aromatic heterocycles. The van der Waals surface area contributed by atoms with Gasteiger partial charge in [0.05, 0.1) is 17.0 Å². The summed E-state index contributed by atoms with van der Waals surface area (Å²) in [7, 11) is -3.71. The van der Waals surface area contributed by atoms with Gasteiger partial charge in [-0.25, -0.2) is 8.42 Å². The number of anilines is 1. The number of sulfonamides is 1. The van der Waals surface area contributed by atoms with Crippen LogP contribution < -0.4 is 9.62 Å². The smallest absolute Gasteiger partial charge is 0.243 e. The molecule has 1 aromatic rings. The molecule has 1 N–H and O–H groups in total. The molecule has 0 aliphatic heterocycles. The molecule has 0 bridgehead atoms. The minimum absolute atomic E-state index is 0.184. The second-order valence-corrected chi connectivity index (χ2v) is 8.17. The molecule has 1 rings (SSSR count). The summed E-state index contributed by atoms with van der Waals surface area (Å²) in [6, 6.07) is 3.54. The Balaban J connectivity index is 3.19. The van der Waals surface area contributed by atoms with Gasteiger partial charge in [-0.3, -0.25) is 9.10 Å². The fourth-order valence-corrected chi connectivity index (χ4v) is 3.49. The molecular formula is C14H20Cl2N2O3S. The van der Waals surface area contributed by atoms with E-state index in [0.717, 1.165) is 10.6 Å². The molecule has 5 nitrogen and oxygen atoms in total. The fourth-order valence-electron chi connectivity index (χ4n) is 1.89. The molecule has 0 aliphatic carbocycles. The molecule has 0 radical (unpaired) electrons. The first-order valence-electron chi connectivity index (χ1n) is 6.76. The van der Waals surface area contributed by atoms with E-state index in [9.17, 15) is 13.2 Å². The second kappa shape index (κ2) is 7.53. The number of halogens is 2. The highest BCUT2D eigenvalue weighted by molar-refractivity contribution is 7.92. The SMILES string of the molecule is CC(C)CNC(=O)[C@@H](C)N(c1cc(Cl)ccc1Cl)S(C)(=O)=O. The van der Waals surface area contributed by atoms with Crippen molar-refractivity contribution < 1.29 is 13.2 Å². The summed E-state index contributed by atoms with van der Waals surface area (Å²) in [5.41, 5.74) is 0.184. The van der Waals surface area contributed by atoms with Crippen LogP contribution in [0.25, 0.3) is 0 Å². The number of carbonyl (C=O) groups is 1. The highest BCUT2D eigenvalue weighted by Gasteiger charge is 2.30. The molecule has 0 aliphatic rings. The maximum atomic E-state index is 12.2. The Morgan fingerprint density at radius 2 is 1.86 bits per heavy atom. The third-order valence-corrected chi connectivity index (χ3v) is 4.70. The Hall–Kier alpha value is -0.980. The maximum absolute atomic E-state index is 12.2. The number of hydrogen-bond acceptors (Lipinski definition) is 3. The van der Waals surface area contributed by atoms with Gasteiger partial charge in [0.1, 0.15) is 6.04 Å². The highest BCUT2D eigenvalue weighted by Crippen LogP contribution is 2.32. The molecule has 0 saturated carbocycles. The van der Waals surface area contributed by atoms with E-state index >= 15 is 0 Å². The summed E-state index contributed by atoms with van der Waals surface area (Å²) in [6.07, 6.45) is 1.02. The fraction of sp³-hybridized carbons (Fsp3) is 0.500. The lowest BCUT2D eigenvalue weighted by Crippen LogP contribution is -2.48. The molecule has 0 heterocycles. The predicted octanol–water partition coefficient (Wildman–Crippen LogP) is 2.92. The van der Waals surface area contributed by atoms with E-state index in [0.29, 0.717) is 11.6 Å². The zero-order chi connectivity index (χ0) is 17.1. The number of nitrogens with zero attached hydrogens (tertiary/aromatic N) is 1. The third kappa shape index (κ3) is 5.04. The monoisotopic (exact) mass is 366 g/mol. The first kappa shape index (κ1) is 19.1. The number of hydrogen-bond donors (Lipinski definition) is 1. The predicted molar refractivity (Wildman–Crippen MR) is 91.1 cm³/mol. The standard InChI is InChI=1S/C14H20Cl2N2O3S/c1-9(2)8-17-14(19)10(3)18(22(4,20)21)13-7-11(15)5-6-12(13)16/h5-7,9-10H,8H2,1-4H3,(H,17,19)/t10-/m1/s1. The van der Waals surface area contributed by atoms with E-state index in [1.807, 2.05) is 13.8 Å². The van der Waals surface area contributed by atoms with Crippen LogP contribution in [0.1, 0.15) is 20.8 Å². The molecular weight excluding hydrogens is 347 g/mol. The lowest BCUT2D eigenvalue weighted by atomic mass is 10.2. The summed E-state index contributed by atoms with van der Waals surface area (Å²) in [4.78, 5) is 12.2. The van der Waals surface area contributed by atoms with Gasteiger partial charge in [-0.15, -0.1) is 0 Å². The summed E-state index contributed by atoms with van der Waals surface area (Å²) >= 11 is 12.0. The Bertz CT molecular complexity index is 647. The molecule has 1 atom stereocenters. The molecule has 8 heteroatoms. The van der Waals surface area contributed by atoms with Crippen molar-refractivity contribution in [1.82, 2.24) is 5.32 Å². The van der Waals surface area contributed by atoms with Gasteiger partial charge < -0.3 is 5.32 Å². The molecule has 0 unspecified atom stereocenters. The average molecular weight is 367 g/mol. The number of carbonyl (C=O) groups excluding carboxylic acids is 1. The van der Waals surface area contributed by atoms with Crippen LogP contribution in [0.2, 0.25) is 10.0 Å². The van der Waals surface area contributed by atoms with Crippen LogP contribution >= 0.6 is 23.2 Å². The zero-order valence-electron chi connectivity index (χ0n) is 12.9. The maximum Gasteiger partial charge on any atom is 0.243 e. The Morgan fingerprint density at radius 3 is 2.36 bits per heavy atom. The van der Waals surface area contributed by atoms with Crippen LogP contribution in [0, 0.1) is 5.92 Å². The molecule has 0 fully saturated rings. The Morgan fingerprint density at radius 1 is 1.27 bits per heavy atom. The zero-order valence-corrected chi connectivity index (χ0v) is 15.3. The minimum atomic E-state index is -3.71. The highest BCUT2D eigenvalue weighted by atomic mass is 35.5. The van der Waals surface area contributed by atoms with Gasteiger partial charge >= 0.3 is 0 Å². The summed E-state index contributed by atoms with van der Waals surface area (Å²) < 4.78 is 25.2. The molecule has 1 amide bonds. The van der Waals surface area contributed by atoms with E-state index in [1.54, 1.807) is 6.07 Å². The third-order valence-electron chi connectivity index (χ3n) is 2.92. The van der Waals surface area contributed by atoms with Crippen molar-refractivity contribution >= 4 is 44.8 Å². The van der Waals surface area contributed by atoms with Crippen molar-refractivity contribution in [3.05, 3.63) is 28.2 Å². The quantitative estimate of drug-likeness (QED) is 0.841. The Labute approximate surface area is 141 Å². The topological polar surface area (TPSA) is 66.5 Å². The van der Waals surface area contributed by atoms with Gasteiger partial charge in [-0.05, 0) is 31.0 Å². The number of nitrogens with one attached hydrogen (secondary N) is 1. The van der Waals surface area contributed by atoms with E-state index in [-0.39, 0.29) is 16.6 Å². The van der Waals surface area contributed by atoms with Crippen LogP contribution in [0.4, 0.5) is 5.69 Å². The molecule has 0 spiro atoms. The summed E-state index contributed by atoms with van der Waals surface area (Å²) in [6.45, 7) is 5.87. The molecule has 22 heavy (non-hydrogen) atoms. The average Bonchev–Trinajstić information content (AvgIpc) is 2.38. The lowest BCUT2D eigenvalue weighted by molar-refractivity contribution is -0.121. The van der Waals surface area contributed by atoms with Gasteiger partial charge in [0.15, 0.2) is 0 Å². The van der Waals surface area contributed by atoms with E-state index < -0.39 is 22.0 Å². The van der Waals surface area contributed by atoms with Crippen LogP contribution in [-0.4, -0.2) is 33.2 Å². The summed E-state index contributed by atoms with van der Waals surface area (Å²) in [5.74, 6) is -0.132. The molecule has 1 aromatic carbocycles. The number of rotatable bonds is 6. The minimum Gasteiger partial charge on any atom is -0.354 e. The van der Waals surface area contributed by atoms with Gasteiger partial charge in [0.25, 0.3) is 0 Å². The molecule has 124 valence electrons. The first-order chi connectivity index (χ1) is 10.0. The van der Waals surface area contributed by atoms with Crippen LogP contribution in [0.3, 0.4) is 0 Å². The van der Waals surface area contributed by atoms with Crippen molar-refractivity contribution in [2.75, 3.05) is 17.1 Å². The normalized spacial score (nSPS) is 13.0. The van der Waals surface area contributed by atoms with Gasteiger partial charge in [-0.2, -0.15) is 0 Å². The number of benzene rings is 1. The molecule has 0 saturated heterocycles. The largest absolute Gasteiger partial charge is 0.354 e.